The zero-order valence-electron chi connectivity index (χ0n) is 28.4. The molecule has 15 heteroatoms. The van der Waals surface area contributed by atoms with Crippen molar-refractivity contribution >= 4 is 38.2 Å². The van der Waals surface area contributed by atoms with Gasteiger partial charge in [-0.15, -0.1) is 11.3 Å². The second kappa shape index (κ2) is 14.1. The molecule has 0 radical (unpaired) electrons. The minimum absolute atomic E-state index is 0.000190. The van der Waals surface area contributed by atoms with E-state index in [0.29, 0.717) is 62.3 Å². The van der Waals surface area contributed by atoms with Crippen LogP contribution in [0.2, 0.25) is 0 Å². The van der Waals surface area contributed by atoms with Gasteiger partial charge in [0.25, 0.3) is 6.43 Å². The molecular formula is C38H32F4N6O4S. The van der Waals surface area contributed by atoms with Gasteiger partial charge in [-0.25, -0.2) is 22.5 Å². The largest absolute Gasteiger partial charge is 0.490 e. The number of halogens is 4. The normalized spacial score (nSPS) is 16.9. The standard InChI is InChI=1S/C38H32F4N6O4S/c1-3-33(49)47-7-8-48-29(21(47)2)17-28(45-48)37-35-34-26(40)15-23(39)16-31(34)52-12-11-50-9-4-5-10-51-30-18-27-22(19-46(44-27)20-32(41)42)14-25(30)36(43-37)24-6-13-53-38(24)35/h3-6,13-19,21,32H,1,7-12,20H2,2H3/b5-4+/t21-/m0/s1. The highest BCUT2D eigenvalue weighted by Crippen LogP contribution is 2.49. The molecule has 6 heterocycles. The van der Waals surface area contributed by atoms with Crippen LogP contribution in [0.3, 0.4) is 0 Å². The summed E-state index contributed by atoms with van der Waals surface area (Å²) < 4.78 is 79.4. The lowest BCUT2D eigenvalue weighted by molar-refractivity contribution is -0.129. The smallest absolute Gasteiger partial charge is 0.257 e. The fourth-order valence-corrected chi connectivity index (χ4v) is 7.82. The second-order valence-corrected chi connectivity index (χ2v) is 13.5. The van der Waals surface area contributed by atoms with Crippen LogP contribution in [0.15, 0.2) is 72.8 Å². The van der Waals surface area contributed by atoms with Crippen LogP contribution in [0.1, 0.15) is 18.7 Å². The van der Waals surface area contributed by atoms with Gasteiger partial charge in [0, 0.05) is 57.5 Å². The van der Waals surface area contributed by atoms with Crippen LogP contribution < -0.4 is 9.47 Å². The molecule has 272 valence electrons. The van der Waals surface area contributed by atoms with Crippen molar-refractivity contribution in [1.29, 1.82) is 0 Å². The molecule has 53 heavy (non-hydrogen) atoms. The molecule has 4 aromatic heterocycles. The molecule has 0 fully saturated rings. The molecule has 0 aliphatic carbocycles. The van der Waals surface area contributed by atoms with Crippen molar-refractivity contribution in [2.24, 2.45) is 0 Å². The summed E-state index contributed by atoms with van der Waals surface area (Å²) in [5, 5.41) is 12.3. The summed E-state index contributed by atoms with van der Waals surface area (Å²) in [4.78, 5) is 19.6. The van der Waals surface area contributed by atoms with E-state index in [-0.39, 0.29) is 55.4 Å². The summed E-state index contributed by atoms with van der Waals surface area (Å²) in [6.07, 6.45) is 3.76. The van der Waals surface area contributed by atoms with Crippen molar-refractivity contribution < 1.29 is 36.6 Å². The Balaban J connectivity index is 1.42. The number of hydrogen-bond donors (Lipinski definition) is 0. The zero-order valence-corrected chi connectivity index (χ0v) is 29.2. The van der Waals surface area contributed by atoms with Gasteiger partial charge in [-0.3, -0.25) is 14.2 Å². The number of alkyl halides is 2. The minimum Gasteiger partial charge on any atom is -0.490 e. The number of amides is 1. The molecule has 0 N–H and O–H groups in total. The van der Waals surface area contributed by atoms with Crippen LogP contribution >= 0.6 is 11.3 Å². The minimum atomic E-state index is -2.60. The molecule has 1 atom stereocenters. The first-order valence-electron chi connectivity index (χ1n) is 16.9. The molecule has 6 aromatic rings. The summed E-state index contributed by atoms with van der Waals surface area (Å²) in [6, 6.07) is 8.73. The van der Waals surface area contributed by atoms with Crippen LogP contribution in [0, 0.1) is 11.6 Å². The Bertz CT molecular complexity index is 2420. The van der Waals surface area contributed by atoms with E-state index in [1.165, 1.54) is 22.1 Å². The molecule has 8 rings (SSSR count). The van der Waals surface area contributed by atoms with E-state index in [1.54, 1.807) is 40.1 Å². The number of carbonyl (C=O) groups is 1. The first-order valence-corrected chi connectivity index (χ1v) is 17.8. The Morgan fingerprint density at radius 3 is 2.70 bits per heavy atom. The molecule has 0 saturated carbocycles. The van der Waals surface area contributed by atoms with Gasteiger partial charge in [0.2, 0.25) is 5.91 Å². The van der Waals surface area contributed by atoms with E-state index in [9.17, 15) is 18.0 Å². The highest BCUT2D eigenvalue weighted by molar-refractivity contribution is 7.18. The molecule has 2 bridgehead atoms. The van der Waals surface area contributed by atoms with Crippen molar-refractivity contribution in [1.82, 2.24) is 29.4 Å². The van der Waals surface area contributed by atoms with E-state index in [2.05, 4.69) is 11.7 Å². The third-order valence-corrected chi connectivity index (χ3v) is 10.2. The number of fused-ring (bicyclic) bond motifs is 6. The molecule has 10 nitrogen and oxygen atoms in total. The number of aromatic nitrogens is 5. The van der Waals surface area contributed by atoms with Crippen LogP contribution in [-0.4, -0.2) is 74.7 Å². The lowest BCUT2D eigenvalue weighted by Crippen LogP contribution is -2.40. The Morgan fingerprint density at radius 1 is 1.02 bits per heavy atom. The van der Waals surface area contributed by atoms with Crippen LogP contribution in [0.4, 0.5) is 17.6 Å². The first-order chi connectivity index (χ1) is 25.7. The molecule has 2 aliphatic heterocycles. The molecule has 1 amide bonds. The Hall–Kier alpha value is -5.54. The lowest BCUT2D eigenvalue weighted by Gasteiger charge is -2.33. The number of ether oxygens (including phenoxy) is 3. The van der Waals surface area contributed by atoms with Crippen molar-refractivity contribution in [3.05, 3.63) is 90.1 Å². The monoisotopic (exact) mass is 744 g/mol. The maximum absolute atomic E-state index is 16.3. The van der Waals surface area contributed by atoms with Crippen LogP contribution in [0.25, 0.3) is 54.8 Å². The number of nitrogens with zero attached hydrogens (tertiary/aromatic N) is 6. The van der Waals surface area contributed by atoms with Gasteiger partial charge in [0.15, 0.2) is 0 Å². The predicted octanol–water partition coefficient (Wildman–Crippen LogP) is 7.82. The first kappa shape index (κ1) is 34.5. The quantitative estimate of drug-likeness (QED) is 0.103. The van der Waals surface area contributed by atoms with Crippen molar-refractivity contribution in [2.45, 2.75) is 32.5 Å². The highest BCUT2D eigenvalue weighted by atomic mass is 32.1. The SMILES string of the molecule is C=CC(=O)N1CCn2nc(-c3nc4c5ccsc5c3-c3c(F)cc(F)cc3OCCOC/C=C/COc3cc5nn(CC(F)F)cc5cc3-4)cc2[C@@H]1C. The molecule has 2 aromatic carbocycles. The molecule has 2 aliphatic rings. The van der Waals surface area contributed by atoms with Gasteiger partial charge in [-0.05, 0) is 42.7 Å². The van der Waals surface area contributed by atoms with E-state index >= 15 is 4.39 Å². The second-order valence-electron chi connectivity index (χ2n) is 12.6. The van der Waals surface area contributed by atoms with E-state index in [1.807, 2.05) is 24.4 Å². The summed E-state index contributed by atoms with van der Waals surface area (Å²) in [7, 11) is 0. The summed E-state index contributed by atoms with van der Waals surface area (Å²) in [5.41, 5.74) is 3.19. The molecule has 0 unspecified atom stereocenters. The maximum Gasteiger partial charge on any atom is 0.257 e. The molecule has 0 spiro atoms. The predicted molar refractivity (Wildman–Crippen MR) is 192 cm³/mol. The van der Waals surface area contributed by atoms with Gasteiger partial charge >= 0.3 is 0 Å². The van der Waals surface area contributed by atoms with Gasteiger partial charge in [-0.1, -0.05) is 12.7 Å². The van der Waals surface area contributed by atoms with Crippen molar-refractivity contribution in [3.63, 3.8) is 0 Å². The van der Waals surface area contributed by atoms with Crippen molar-refractivity contribution in [2.75, 3.05) is 33.0 Å². The number of rotatable bonds is 4. The van der Waals surface area contributed by atoms with Crippen molar-refractivity contribution in [3.8, 4) is 45.3 Å². The molecular weight excluding hydrogens is 713 g/mol. The van der Waals surface area contributed by atoms with E-state index < -0.39 is 24.6 Å². The number of carbonyl (C=O) groups excluding carboxylic acids is 1. The summed E-state index contributed by atoms with van der Waals surface area (Å²) in [5.74, 6) is -1.53. The lowest BCUT2D eigenvalue weighted by atomic mass is 9.95. The number of pyridine rings is 1. The Morgan fingerprint density at radius 2 is 1.87 bits per heavy atom. The third-order valence-electron chi connectivity index (χ3n) is 9.27. The van der Waals surface area contributed by atoms with Gasteiger partial charge < -0.3 is 19.1 Å². The van der Waals surface area contributed by atoms with Gasteiger partial charge in [-0.2, -0.15) is 10.2 Å². The fraction of sp³-hybridized carbons (Fsp3) is 0.263. The average molecular weight is 745 g/mol. The van der Waals surface area contributed by atoms with E-state index in [4.69, 9.17) is 24.3 Å². The maximum atomic E-state index is 16.3. The number of thiophene rings is 1. The fourth-order valence-electron chi connectivity index (χ4n) is 6.87. The Kier molecular flexibility index (Phi) is 9.20. The summed E-state index contributed by atoms with van der Waals surface area (Å²) >= 11 is 1.34. The average Bonchev–Trinajstić information content (AvgIpc) is 3.88. The Labute approximate surface area is 304 Å². The number of benzene rings is 2. The van der Waals surface area contributed by atoms with Crippen LogP contribution in [0.5, 0.6) is 11.5 Å². The highest BCUT2D eigenvalue weighted by Gasteiger charge is 2.32. The topological polar surface area (TPSA) is 96.5 Å². The van der Waals surface area contributed by atoms with E-state index in [0.717, 1.165) is 17.8 Å². The molecule has 0 saturated heterocycles. The van der Waals surface area contributed by atoms with Crippen LogP contribution in [-0.2, 0) is 22.6 Å². The van der Waals surface area contributed by atoms with Gasteiger partial charge in [0.05, 0.1) is 48.3 Å². The third kappa shape index (κ3) is 6.44. The number of hydrogen-bond acceptors (Lipinski definition) is 8. The summed E-state index contributed by atoms with van der Waals surface area (Å²) in [6.45, 7) is 6.27. The van der Waals surface area contributed by atoms with Gasteiger partial charge in [0.1, 0.15) is 54.3 Å². The zero-order chi connectivity index (χ0) is 36.8.